The maximum absolute atomic E-state index is 14.7. The fraction of sp³-hybridized carbons (Fsp3) is 0.436. The number of nitrogens with one attached hydrogen (secondary N) is 1. The van der Waals surface area contributed by atoms with Crippen molar-refractivity contribution < 1.29 is 28.5 Å². The summed E-state index contributed by atoms with van der Waals surface area (Å²) in [6.07, 6.45) is 3.41. The number of benzene rings is 3. The minimum absolute atomic E-state index is 0.0412. The summed E-state index contributed by atoms with van der Waals surface area (Å²) in [6.45, 7) is 6.89. The van der Waals surface area contributed by atoms with Crippen LogP contribution in [0.25, 0.3) is 5.57 Å². The van der Waals surface area contributed by atoms with E-state index >= 15 is 0 Å². The molecule has 1 saturated heterocycles. The van der Waals surface area contributed by atoms with Crippen LogP contribution in [-0.4, -0.2) is 80.3 Å². The number of hydrogen-bond acceptors (Lipinski definition) is 7. The Morgan fingerprint density at radius 1 is 0.896 bits per heavy atom. The zero-order valence-corrected chi connectivity index (χ0v) is 28.5. The smallest absolute Gasteiger partial charge is 0.252 e. The molecule has 3 aromatic rings. The molecule has 1 N–H and O–H groups in total. The van der Waals surface area contributed by atoms with Gasteiger partial charge in [0.2, 0.25) is 5.91 Å². The second kappa shape index (κ2) is 15.3. The fourth-order valence-electron chi connectivity index (χ4n) is 6.88. The molecule has 2 atom stereocenters. The summed E-state index contributed by atoms with van der Waals surface area (Å²) in [4.78, 5) is 31.1. The van der Waals surface area contributed by atoms with Crippen molar-refractivity contribution >= 4 is 17.4 Å². The molecular weight excluding hydrogens is 606 g/mol. The first-order valence-electron chi connectivity index (χ1n) is 17.0. The largest absolute Gasteiger partial charge is 0.496 e. The van der Waals surface area contributed by atoms with Gasteiger partial charge >= 0.3 is 0 Å². The highest BCUT2D eigenvalue weighted by Gasteiger charge is 2.43. The number of ether oxygens (including phenoxy) is 4. The van der Waals surface area contributed by atoms with Gasteiger partial charge in [-0.05, 0) is 72.7 Å². The number of nitrogens with zero attached hydrogens (tertiary/aromatic N) is 2. The highest BCUT2D eigenvalue weighted by Crippen LogP contribution is 2.38. The van der Waals surface area contributed by atoms with Gasteiger partial charge in [0, 0.05) is 56.2 Å². The Hall–Kier alpha value is -4.34. The van der Waals surface area contributed by atoms with E-state index in [0.717, 1.165) is 69.9 Å². The first kappa shape index (κ1) is 33.6. The number of amides is 2. The number of fused-ring (bicyclic) bond motifs is 2. The summed E-state index contributed by atoms with van der Waals surface area (Å²) >= 11 is 0. The van der Waals surface area contributed by atoms with Crippen LogP contribution in [0.1, 0.15) is 54.9 Å². The van der Waals surface area contributed by atoms with Crippen molar-refractivity contribution in [2.75, 3.05) is 40.5 Å². The van der Waals surface area contributed by atoms with Gasteiger partial charge in [-0.15, -0.1) is 0 Å². The van der Waals surface area contributed by atoms with E-state index in [1.165, 1.54) is 0 Å². The molecule has 0 spiro atoms. The van der Waals surface area contributed by atoms with Gasteiger partial charge in [0.15, 0.2) is 0 Å². The molecule has 3 aromatic carbocycles. The van der Waals surface area contributed by atoms with Crippen LogP contribution in [-0.2, 0) is 27.5 Å². The van der Waals surface area contributed by atoms with Crippen molar-refractivity contribution in [3.63, 3.8) is 0 Å². The molecule has 0 radical (unpaired) electrons. The van der Waals surface area contributed by atoms with E-state index in [4.69, 9.17) is 18.9 Å². The number of carbonyl (C=O) groups excluding carboxylic acids is 2. The minimum atomic E-state index is -0.233. The van der Waals surface area contributed by atoms with Gasteiger partial charge < -0.3 is 34.1 Å². The van der Waals surface area contributed by atoms with Crippen LogP contribution < -0.4 is 19.5 Å². The standard InChI is InChI=1S/C39H47N3O6/c1-26-29(10-7-12-36(26)45-3)22-42(32-15-16-32)39(44)38-34(21-31-23-41(27(2)43)24-35(38)40-31)28-13-17-33(18-14-28)48-20-8-19-47-25-30-9-5-6-11-37(30)46-4/h5-7,9-14,17-18,31-32,35,40H,8,15-16,19-25H2,1-4H3/t31-,35-/m1/s1. The lowest BCUT2D eigenvalue weighted by atomic mass is 9.82. The Labute approximate surface area is 283 Å². The topological polar surface area (TPSA) is 89.6 Å². The number of piperazine rings is 1. The zero-order chi connectivity index (χ0) is 33.6. The van der Waals surface area contributed by atoms with E-state index in [9.17, 15) is 9.59 Å². The summed E-state index contributed by atoms with van der Waals surface area (Å²) in [6, 6.07) is 22.0. The Balaban J connectivity index is 1.17. The van der Waals surface area contributed by atoms with Gasteiger partial charge in [-0.2, -0.15) is 0 Å². The Bertz CT molecular complexity index is 1630. The molecule has 2 fully saturated rings. The first-order chi connectivity index (χ1) is 23.4. The maximum atomic E-state index is 14.7. The molecule has 9 heteroatoms. The number of methoxy groups -OCH3 is 2. The molecule has 6 rings (SSSR count). The van der Waals surface area contributed by atoms with Crippen molar-refractivity contribution in [2.45, 2.75) is 70.8 Å². The molecule has 1 aliphatic carbocycles. The van der Waals surface area contributed by atoms with Gasteiger partial charge in [-0.1, -0.05) is 42.5 Å². The number of rotatable bonds is 14. The molecule has 1 saturated carbocycles. The normalized spacial score (nSPS) is 18.8. The number of carbonyl (C=O) groups is 2. The second-order valence-corrected chi connectivity index (χ2v) is 12.9. The third kappa shape index (κ3) is 7.69. The van der Waals surface area contributed by atoms with E-state index < -0.39 is 0 Å². The van der Waals surface area contributed by atoms with Gasteiger partial charge in [0.1, 0.15) is 17.2 Å². The molecule has 2 amide bonds. The lowest BCUT2D eigenvalue weighted by Gasteiger charge is -2.44. The van der Waals surface area contributed by atoms with Gasteiger partial charge in [-0.3, -0.25) is 9.59 Å². The van der Waals surface area contributed by atoms with Crippen LogP contribution in [0, 0.1) is 6.92 Å². The predicted octanol–water partition coefficient (Wildman–Crippen LogP) is 5.54. The highest BCUT2D eigenvalue weighted by molar-refractivity contribution is 6.03. The predicted molar refractivity (Wildman–Crippen MR) is 185 cm³/mol. The Morgan fingerprint density at radius 2 is 1.62 bits per heavy atom. The van der Waals surface area contributed by atoms with E-state index in [-0.39, 0.29) is 29.9 Å². The van der Waals surface area contributed by atoms with E-state index in [0.29, 0.717) is 45.9 Å². The van der Waals surface area contributed by atoms with Gasteiger partial charge in [0.05, 0.1) is 40.1 Å². The molecule has 2 heterocycles. The zero-order valence-electron chi connectivity index (χ0n) is 28.5. The summed E-state index contributed by atoms with van der Waals surface area (Å²) in [5.41, 5.74) is 6.00. The van der Waals surface area contributed by atoms with Crippen LogP contribution in [0.4, 0.5) is 0 Å². The first-order valence-corrected chi connectivity index (χ1v) is 17.0. The molecule has 3 aliphatic rings. The molecule has 48 heavy (non-hydrogen) atoms. The SMILES string of the molecule is COc1ccccc1COCCCOc1ccc(C2=C(C(=O)N(Cc3cccc(OC)c3C)C3CC3)[C@H]3CN(C(C)=O)C[C@@H](C2)N3)cc1. The Kier molecular flexibility index (Phi) is 10.7. The molecule has 0 aromatic heterocycles. The summed E-state index contributed by atoms with van der Waals surface area (Å²) in [5.74, 6) is 2.52. The molecule has 2 bridgehead atoms. The molecular formula is C39H47N3O6. The lowest BCUT2D eigenvalue weighted by molar-refractivity contribution is -0.132. The summed E-state index contributed by atoms with van der Waals surface area (Å²) in [5, 5.41) is 3.69. The van der Waals surface area contributed by atoms with Crippen molar-refractivity contribution in [3.8, 4) is 17.2 Å². The van der Waals surface area contributed by atoms with Crippen LogP contribution in [0.15, 0.2) is 72.3 Å². The van der Waals surface area contributed by atoms with Gasteiger partial charge in [-0.25, -0.2) is 0 Å². The molecule has 2 aliphatic heterocycles. The van der Waals surface area contributed by atoms with Crippen molar-refractivity contribution in [1.82, 2.24) is 15.1 Å². The van der Waals surface area contributed by atoms with Crippen LogP contribution >= 0.6 is 0 Å². The average molecular weight is 654 g/mol. The summed E-state index contributed by atoms with van der Waals surface area (Å²) in [7, 11) is 3.34. The average Bonchev–Trinajstić information content (AvgIpc) is 3.94. The van der Waals surface area contributed by atoms with Crippen molar-refractivity contribution in [1.29, 1.82) is 0 Å². The van der Waals surface area contributed by atoms with E-state index in [2.05, 4.69) is 23.5 Å². The second-order valence-electron chi connectivity index (χ2n) is 12.9. The van der Waals surface area contributed by atoms with Crippen molar-refractivity contribution in [2.24, 2.45) is 0 Å². The summed E-state index contributed by atoms with van der Waals surface area (Å²) < 4.78 is 22.9. The van der Waals surface area contributed by atoms with Crippen LogP contribution in [0.2, 0.25) is 0 Å². The third-order valence-corrected chi connectivity index (χ3v) is 9.64. The van der Waals surface area contributed by atoms with E-state index in [1.54, 1.807) is 21.1 Å². The van der Waals surface area contributed by atoms with E-state index in [1.807, 2.05) is 65.3 Å². The van der Waals surface area contributed by atoms with Crippen LogP contribution in [0.5, 0.6) is 17.2 Å². The minimum Gasteiger partial charge on any atom is -0.496 e. The lowest BCUT2D eigenvalue weighted by Crippen LogP contribution is -2.61. The van der Waals surface area contributed by atoms with Crippen LogP contribution in [0.3, 0.4) is 0 Å². The Morgan fingerprint density at radius 3 is 2.35 bits per heavy atom. The van der Waals surface area contributed by atoms with Crippen molar-refractivity contribution in [3.05, 3.63) is 94.6 Å². The number of hydrogen-bond donors (Lipinski definition) is 1. The molecule has 9 nitrogen and oxygen atoms in total. The molecule has 0 unspecified atom stereocenters. The fourth-order valence-corrected chi connectivity index (χ4v) is 6.88. The maximum Gasteiger partial charge on any atom is 0.252 e. The monoisotopic (exact) mass is 653 g/mol. The quantitative estimate of drug-likeness (QED) is 0.229. The van der Waals surface area contributed by atoms with Gasteiger partial charge in [0.25, 0.3) is 5.91 Å². The molecule has 254 valence electrons. The number of para-hydroxylation sites is 1. The highest BCUT2D eigenvalue weighted by atomic mass is 16.5. The third-order valence-electron chi connectivity index (χ3n) is 9.64.